The number of aliphatic hydroxyl groups is 1. The third-order valence-corrected chi connectivity index (χ3v) is 3.85. The van der Waals surface area contributed by atoms with Crippen molar-refractivity contribution in [2.75, 3.05) is 26.4 Å². The number of nitrogens with zero attached hydrogens (tertiary/aromatic N) is 2. The number of fused-ring (bicyclic) bond motifs is 1. The summed E-state index contributed by atoms with van der Waals surface area (Å²) in [4.78, 5) is 14.0. The van der Waals surface area contributed by atoms with Crippen LogP contribution in [0.15, 0.2) is 18.2 Å². The van der Waals surface area contributed by atoms with E-state index in [-0.39, 0.29) is 24.5 Å². The Kier molecular flexibility index (Phi) is 4.84. The molecule has 5 nitrogen and oxygen atoms in total. The Morgan fingerprint density at radius 2 is 2.09 bits per heavy atom. The number of hydrogen-bond acceptors (Lipinski definition) is 4. The van der Waals surface area contributed by atoms with Crippen LogP contribution in [0, 0.1) is 11.3 Å². The number of amides is 1. The van der Waals surface area contributed by atoms with Crippen LogP contribution >= 0.6 is 0 Å². The summed E-state index contributed by atoms with van der Waals surface area (Å²) in [6.45, 7) is 7.15. The van der Waals surface area contributed by atoms with E-state index in [0.717, 1.165) is 11.1 Å². The van der Waals surface area contributed by atoms with Gasteiger partial charge in [-0.05, 0) is 17.0 Å². The van der Waals surface area contributed by atoms with Crippen molar-refractivity contribution in [2.24, 2.45) is 0 Å². The van der Waals surface area contributed by atoms with E-state index in [9.17, 15) is 10.1 Å². The van der Waals surface area contributed by atoms with Crippen molar-refractivity contribution in [3.63, 3.8) is 0 Å². The number of hydrogen-bond donors (Lipinski definition) is 1. The second kappa shape index (κ2) is 6.47. The van der Waals surface area contributed by atoms with Crippen LogP contribution < -0.4 is 0 Å². The third-order valence-electron chi connectivity index (χ3n) is 3.85. The zero-order valence-electron chi connectivity index (χ0n) is 13.3. The quantitative estimate of drug-likeness (QED) is 0.844. The Bertz CT molecular complexity index is 599. The van der Waals surface area contributed by atoms with E-state index in [0.29, 0.717) is 18.7 Å². The Morgan fingerprint density at radius 1 is 1.36 bits per heavy atom. The SMILES string of the molecule is CC(C)(C)c1ccc2c(c1)C(C#N)N(CCOCCO)C2=O. The largest absolute Gasteiger partial charge is 0.394 e. The van der Waals surface area contributed by atoms with Crippen molar-refractivity contribution < 1.29 is 14.6 Å². The van der Waals surface area contributed by atoms with Crippen molar-refractivity contribution in [3.8, 4) is 6.07 Å². The van der Waals surface area contributed by atoms with Crippen LogP contribution in [0.1, 0.15) is 48.3 Å². The minimum Gasteiger partial charge on any atom is -0.394 e. The van der Waals surface area contributed by atoms with Gasteiger partial charge in [-0.1, -0.05) is 32.9 Å². The molecule has 1 N–H and O–H groups in total. The van der Waals surface area contributed by atoms with Crippen LogP contribution in [0.2, 0.25) is 0 Å². The molecule has 1 aromatic carbocycles. The summed E-state index contributed by atoms with van der Waals surface area (Å²) in [7, 11) is 0. The number of nitriles is 1. The first kappa shape index (κ1) is 16.5. The van der Waals surface area contributed by atoms with Crippen LogP contribution in [0.5, 0.6) is 0 Å². The molecular formula is C17H22N2O3. The van der Waals surface area contributed by atoms with E-state index in [1.807, 2.05) is 18.2 Å². The molecule has 0 saturated heterocycles. The monoisotopic (exact) mass is 302 g/mol. The molecule has 0 aliphatic carbocycles. The molecule has 1 aromatic rings. The Labute approximate surface area is 131 Å². The van der Waals surface area contributed by atoms with Gasteiger partial charge in [-0.15, -0.1) is 0 Å². The van der Waals surface area contributed by atoms with Crippen LogP contribution in [-0.2, 0) is 10.2 Å². The first-order valence-electron chi connectivity index (χ1n) is 7.43. The molecule has 1 atom stereocenters. The van der Waals surface area contributed by atoms with E-state index in [1.54, 1.807) is 0 Å². The van der Waals surface area contributed by atoms with Gasteiger partial charge in [0.2, 0.25) is 0 Å². The highest BCUT2D eigenvalue weighted by atomic mass is 16.5. The average Bonchev–Trinajstić information content (AvgIpc) is 2.74. The van der Waals surface area contributed by atoms with Gasteiger partial charge in [-0.2, -0.15) is 5.26 Å². The van der Waals surface area contributed by atoms with Gasteiger partial charge in [0.1, 0.15) is 6.04 Å². The molecule has 0 radical (unpaired) electrons. The lowest BCUT2D eigenvalue weighted by atomic mass is 9.85. The normalized spacial score (nSPS) is 17.5. The fourth-order valence-electron chi connectivity index (χ4n) is 2.59. The smallest absolute Gasteiger partial charge is 0.255 e. The Morgan fingerprint density at radius 3 is 2.68 bits per heavy atom. The average molecular weight is 302 g/mol. The lowest BCUT2D eigenvalue weighted by molar-refractivity contribution is 0.0557. The first-order chi connectivity index (χ1) is 10.4. The molecule has 0 aromatic heterocycles. The van der Waals surface area contributed by atoms with Gasteiger partial charge in [-0.3, -0.25) is 4.79 Å². The lowest BCUT2D eigenvalue weighted by Crippen LogP contribution is -2.31. The Balaban J connectivity index is 2.24. The van der Waals surface area contributed by atoms with Gasteiger partial charge < -0.3 is 14.7 Å². The summed E-state index contributed by atoms with van der Waals surface area (Å²) in [5, 5.41) is 18.2. The molecule has 5 heteroatoms. The number of carbonyl (C=O) groups is 1. The van der Waals surface area contributed by atoms with Gasteiger partial charge in [0, 0.05) is 17.7 Å². The minimum atomic E-state index is -0.567. The van der Waals surface area contributed by atoms with Gasteiger partial charge in [0.25, 0.3) is 5.91 Å². The second-order valence-electron chi connectivity index (χ2n) is 6.42. The fourth-order valence-corrected chi connectivity index (χ4v) is 2.59. The molecule has 22 heavy (non-hydrogen) atoms. The summed E-state index contributed by atoms with van der Waals surface area (Å²) in [6.07, 6.45) is 0. The minimum absolute atomic E-state index is 0.0320. The van der Waals surface area contributed by atoms with Crippen LogP contribution in [0.4, 0.5) is 0 Å². The maximum Gasteiger partial charge on any atom is 0.255 e. The van der Waals surface area contributed by atoms with E-state index < -0.39 is 6.04 Å². The predicted octanol–water partition coefficient (Wildman–Crippen LogP) is 2.01. The zero-order chi connectivity index (χ0) is 16.3. The van der Waals surface area contributed by atoms with Gasteiger partial charge in [-0.25, -0.2) is 0 Å². The lowest BCUT2D eigenvalue weighted by Gasteiger charge is -2.21. The topological polar surface area (TPSA) is 73.6 Å². The summed E-state index contributed by atoms with van der Waals surface area (Å²) < 4.78 is 5.21. The van der Waals surface area contributed by atoms with Crippen LogP contribution in [0.3, 0.4) is 0 Å². The second-order valence-corrected chi connectivity index (χ2v) is 6.42. The molecule has 0 spiro atoms. The van der Waals surface area contributed by atoms with Crippen molar-refractivity contribution in [2.45, 2.75) is 32.2 Å². The number of rotatable bonds is 5. The highest BCUT2D eigenvalue weighted by molar-refractivity contribution is 5.99. The molecule has 1 aliphatic heterocycles. The summed E-state index contributed by atoms with van der Waals surface area (Å²) in [5.41, 5.74) is 2.46. The summed E-state index contributed by atoms with van der Waals surface area (Å²) >= 11 is 0. The first-order valence-corrected chi connectivity index (χ1v) is 7.43. The zero-order valence-corrected chi connectivity index (χ0v) is 13.3. The van der Waals surface area contributed by atoms with Crippen molar-refractivity contribution in [1.29, 1.82) is 5.26 Å². The number of ether oxygens (including phenoxy) is 1. The number of aliphatic hydroxyl groups excluding tert-OH is 1. The van der Waals surface area contributed by atoms with Crippen molar-refractivity contribution in [3.05, 3.63) is 34.9 Å². The molecule has 118 valence electrons. The number of carbonyl (C=O) groups excluding carboxylic acids is 1. The molecule has 0 fully saturated rings. The molecule has 1 unspecified atom stereocenters. The van der Waals surface area contributed by atoms with Gasteiger partial charge in [0.15, 0.2) is 0 Å². The summed E-state index contributed by atoms with van der Waals surface area (Å²) in [6, 6.07) is 7.39. The van der Waals surface area contributed by atoms with E-state index in [1.165, 1.54) is 4.90 Å². The van der Waals surface area contributed by atoms with Crippen LogP contribution in [0.25, 0.3) is 0 Å². The number of benzene rings is 1. The molecule has 1 amide bonds. The maximum atomic E-state index is 12.5. The van der Waals surface area contributed by atoms with E-state index in [2.05, 4.69) is 26.8 Å². The molecule has 2 rings (SSSR count). The maximum absolute atomic E-state index is 12.5. The fraction of sp³-hybridized carbons (Fsp3) is 0.529. The third kappa shape index (κ3) is 3.13. The van der Waals surface area contributed by atoms with Crippen LogP contribution in [-0.4, -0.2) is 42.3 Å². The highest BCUT2D eigenvalue weighted by Crippen LogP contribution is 2.36. The summed E-state index contributed by atoms with van der Waals surface area (Å²) in [5.74, 6) is -0.130. The molecule has 0 bridgehead atoms. The molecule has 1 heterocycles. The molecule has 0 saturated carbocycles. The van der Waals surface area contributed by atoms with Gasteiger partial charge in [0.05, 0.1) is 25.9 Å². The van der Waals surface area contributed by atoms with Crippen molar-refractivity contribution >= 4 is 5.91 Å². The molecular weight excluding hydrogens is 280 g/mol. The van der Waals surface area contributed by atoms with Gasteiger partial charge >= 0.3 is 0 Å². The molecule has 1 aliphatic rings. The Hall–Kier alpha value is -1.90. The van der Waals surface area contributed by atoms with E-state index >= 15 is 0 Å². The predicted molar refractivity (Wildman–Crippen MR) is 82.4 cm³/mol. The highest BCUT2D eigenvalue weighted by Gasteiger charge is 2.37. The van der Waals surface area contributed by atoms with Crippen molar-refractivity contribution in [1.82, 2.24) is 4.90 Å². The standard InChI is InChI=1S/C17H22N2O3/c1-17(2,3)12-4-5-13-14(10-12)15(11-18)19(16(13)21)6-8-22-9-7-20/h4-5,10,15,20H,6-9H2,1-3H3. The van der Waals surface area contributed by atoms with E-state index in [4.69, 9.17) is 9.84 Å².